The zero-order chi connectivity index (χ0) is 23.4. The fourth-order valence-electron chi connectivity index (χ4n) is 3.05. The number of benzene rings is 3. The summed E-state index contributed by atoms with van der Waals surface area (Å²) in [7, 11) is 1.66. The molecule has 8 heteroatoms. The van der Waals surface area contributed by atoms with E-state index in [1.807, 2.05) is 54.6 Å². The number of aliphatic imine (C=N–C) groups is 1. The number of hydrogen-bond donors (Lipinski definition) is 1. The third kappa shape index (κ3) is 5.53. The van der Waals surface area contributed by atoms with Crippen LogP contribution in [-0.4, -0.2) is 34.1 Å². The van der Waals surface area contributed by atoms with Gasteiger partial charge in [0, 0.05) is 7.05 Å². The number of halogens is 1. The Morgan fingerprint density at radius 2 is 1.85 bits per heavy atom. The summed E-state index contributed by atoms with van der Waals surface area (Å²) in [6.07, 6.45) is 1.81. The van der Waals surface area contributed by atoms with Gasteiger partial charge in [0.05, 0.1) is 20.6 Å². The Bertz CT molecular complexity index is 1260. The molecule has 3 aromatic carbocycles. The van der Waals surface area contributed by atoms with Gasteiger partial charge >= 0.3 is 5.97 Å². The summed E-state index contributed by atoms with van der Waals surface area (Å²) in [5.41, 5.74) is 2.69. The number of nitrogens with zero attached hydrogens (tertiary/aromatic N) is 2. The van der Waals surface area contributed by atoms with E-state index >= 15 is 0 Å². The van der Waals surface area contributed by atoms with Crippen molar-refractivity contribution in [1.29, 1.82) is 0 Å². The van der Waals surface area contributed by atoms with Gasteiger partial charge < -0.3 is 9.84 Å². The quantitative estimate of drug-likeness (QED) is 0.404. The van der Waals surface area contributed by atoms with Crippen molar-refractivity contribution >= 4 is 56.5 Å². The predicted octanol–water partition coefficient (Wildman–Crippen LogP) is 5.96. The minimum atomic E-state index is -0.996. The van der Waals surface area contributed by atoms with Crippen LogP contribution < -0.4 is 4.74 Å². The van der Waals surface area contributed by atoms with E-state index in [1.165, 1.54) is 28.8 Å². The van der Waals surface area contributed by atoms with Gasteiger partial charge in [0.2, 0.25) is 0 Å². The maximum absolute atomic E-state index is 12.7. The van der Waals surface area contributed by atoms with Gasteiger partial charge in [-0.2, -0.15) is 0 Å². The number of rotatable bonds is 6. The molecular weight excluding hydrogens is 504 g/mol. The zero-order valence-corrected chi connectivity index (χ0v) is 20.0. The van der Waals surface area contributed by atoms with Crippen molar-refractivity contribution in [1.82, 2.24) is 4.90 Å². The molecule has 0 aromatic heterocycles. The van der Waals surface area contributed by atoms with E-state index in [1.54, 1.807) is 19.2 Å². The van der Waals surface area contributed by atoms with Crippen LogP contribution in [0.4, 0.5) is 5.69 Å². The minimum absolute atomic E-state index is 0.151. The molecule has 166 valence electrons. The molecule has 0 aliphatic carbocycles. The van der Waals surface area contributed by atoms with Gasteiger partial charge in [0.1, 0.15) is 12.4 Å². The van der Waals surface area contributed by atoms with E-state index in [9.17, 15) is 9.59 Å². The van der Waals surface area contributed by atoms with E-state index in [0.29, 0.717) is 22.4 Å². The summed E-state index contributed by atoms with van der Waals surface area (Å²) in [6, 6.07) is 21.8. The van der Waals surface area contributed by atoms with Crippen LogP contribution in [0.5, 0.6) is 5.75 Å². The number of ether oxygens (including phenoxy) is 1. The Labute approximate surface area is 203 Å². The molecule has 0 spiro atoms. The van der Waals surface area contributed by atoms with Crippen LogP contribution in [0.15, 0.2) is 87.2 Å². The molecule has 4 rings (SSSR count). The van der Waals surface area contributed by atoms with Crippen molar-refractivity contribution in [2.24, 2.45) is 4.99 Å². The van der Waals surface area contributed by atoms with Crippen molar-refractivity contribution in [3.05, 3.63) is 98.9 Å². The molecule has 1 aliphatic heterocycles. The average molecular weight is 523 g/mol. The van der Waals surface area contributed by atoms with Crippen LogP contribution >= 0.6 is 27.7 Å². The van der Waals surface area contributed by atoms with Gasteiger partial charge in [-0.1, -0.05) is 36.4 Å². The van der Waals surface area contributed by atoms with Crippen LogP contribution in [0.2, 0.25) is 0 Å². The first-order chi connectivity index (χ1) is 15.9. The highest BCUT2D eigenvalue weighted by atomic mass is 79.9. The number of aromatic carboxylic acids is 1. The second-order valence-electron chi connectivity index (χ2n) is 7.19. The first-order valence-corrected chi connectivity index (χ1v) is 11.6. The Hall–Kier alpha value is -3.36. The number of amides is 1. The van der Waals surface area contributed by atoms with Crippen molar-refractivity contribution in [3.63, 3.8) is 0 Å². The number of carbonyl (C=O) groups is 2. The van der Waals surface area contributed by atoms with E-state index < -0.39 is 5.97 Å². The van der Waals surface area contributed by atoms with Gasteiger partial charge in [-0.15, -0.1) is 0 Å². The second-order valence-corrected chi connectivity index (χ2v) is 9.05. The molecular formula is C25H19BrN2O4S. The van der Waals surface area contributed by atoms with Gasteiger partial charge in [0.15, 0.2) is 5.17 Å². The maximum Gasteiger partial charge on any atom is 0.335 e. The fourth-order valence-corrected chi connectivity index (χ4v) is 4.55. The molecule has 0 saturated carbocycles. The first-order valence-electron chi connectivity index (χ1n) is 9.96. The third-order valence-corrected chi connectivity index (χ3v) is 6.51. The SMILES string of the molecule is CN1C(=O)/C(=C/c2ccc(OCc3ccccc3)c(Br)c2)SC1=Nc1ccc(C(=O)O)cc1. The molecule has 33 heavy (non-hydrogen) atoms. The van der Waals surface area contributed by atoms with Gasteiger partial charge in [-0.3, -0.25) is 9.69 Å². The van der Waals surface area contributed by atoms with Gasteiger partial charge in [-0.25, -0.2) is 9.79 Å². The summed E-state index contributed by atoms with van der Waals surface area (Å²) in [6.45, 7) is 0.465. The number of carboxylic acid groups (broad SMARTS) is 1. The zero-order valence-electron chi connectivity index (χ0n) is 17.6. The molecule has 1 N–H and O–H groups in total. The van der Waals surface area contributed by atoms with E-state index in [0.717, 1.165) is 21.3 Å². The lowest BCUT2D eigenvalue weighted by atomic mass is 10.2. The largest absolute Gasteiger partial charge is 0.488 e. The summed E-state index contributed by atoms with van der Waals surface area (Å²) in [5.74, 6) is -0.429. The molecule has 1 saturated heterocycles. The number of hydrogen-bond acceptors (Lipinski definition) is 5. The Kier molecular flexibility index (Phi) is 6.96. The summed E-state index contributed by atoms with van der Waals surface area (Å²) < 4.78 is 6.68. The molecule has 0 bridgehead atoms. The number of carbonyl (C=O) groups excluding carboxylic acids is 1. The normalized spacial score (nSPS) is 15.9. The van der Waals surface area contributed by atoms with Crippen LogP contribution in [0.3, 0.4) is 0 Å². The van der Waals surface area contributed by atoms with Crippen molar-refractivity contribution in [2.75, 3.05) is 7.05 Å². The lowest BCUT2D eigenvalue weighted by Gasteiger charge is -2.09. The van der Waals surface area contributed by atoms with Crippen LogP contribution in [0.25, 0.3) is 6.08 Å². The number of carboxylic acids is 1. The van der Waals surface area contributed by atoms with Crippen LogP contribution in [0, 0.1) is 0 Å². The minimum Gasteiger partial charge on any atom is -0.488 e. The summed E-state index contributed by atoms with van der Waals surface area (Å²) in [5, 5.41) is 9.54. The summed E-state index contributed by atoms with van der Waals surface area (Å²) in [4.78, 5) is 30.2. The third-order valence-electron chi connectivity index (χ3n) is 4.83. The van der Waals surface area contributed by atoms with E-state index in [4.69, 9.17) is 9.84 Å². The number of thioether (sulfide) groups is 1. The molecule has 1 amide bonds. The Morgan fingerprint density at radius 1 is 1.12 bits per heavy atom. The molecule has 0 radical (unpaired) electrons. The van der Waals surface area contributed by atoms with Gasteiger partial charge in [0.25, 0.3) is 5.91 Å². The van der Waals surface area contributed by atoms with Crippen molar-refractivity contribution in [2.45, 2.75) is 6.61 Å². The Balaban J connectivity index is 1.48. The Morgan fingerprint density at radius 3 is 2.52 bits per heavy atom. The fraction of sp³-hybridized carbons (Fsp3) is 0.0800. The topological polar surface area (TPSA) is 79.2 Å². The van der Waals surface area contributed by atoms with E-state index in [-0.39, 0.29) is 11.5 Å². The lowest BCUT2D eigenvalue weighted by Crippen LogP contribution is -2.23. The molecule has 3 aromatic rings. The molecule has 0 atom stereocenters. The lowest BCUT2D eigenvalue weighted by molar-refractivity contribution is -0.121. The molecule has 6 nitrogen and oxygen atoms in total. The monoisotopic (exact) mass is 522 g/mol. The maximum atomic E-state index is 12.7. The van der Waals surface area contributed by atoms with Crippen LogP contribution in [0.1, 0.15) is 21.5 Å². The van der Waals surface area contributed by atoms with Crippen molar-refractivity contribution < 1.29 is 19.4 Å². The van der Waals surface area contributed by atoms with Crippen molar-refractivity contribution in [3.8, 4) is 5.75 Å². The predicted molar refractivity (Wildman–Crippen MR) is 134 cm³/mol. The van der Waals surface area contributed by atoms with Crippen LogP contribution in [-0.2, 0) is 11.4 Å². The highest BCUT2D eigenvalue weighted by Gasteiger charge is 2.30. The molecule has 1 aliphatic rings. The second kappa shape index (κ2) is 10.1. The smallest absolute Gasteiger partial charge is 0.335 e. The average Bonchev–Trinajstić information content (AvgIpc) is 3.07. The number of likely N-dealkylation sites (N-methyl/N-ethyl adjacent to an activating group) is 1. The highest BCUT2D eigenvalue weighted by molar-refractivity contribution is 9.10. The van der Waals surface area contributed by atoms with E-state index in [2.05, 4.69) is 20.9 Å². The summed E-state index contributed by atoms with van der Waals surface area (Å²) >= 11 is 4.82. The first kappa shape index (κ1) is 22.8. The molecule has 0 unspecified atom stereocenters. The molecule has 1 fully saturated rings. The molecule has 1 heterocycles. The highest BCUT2D eigenvalue weighted by Crippen LogP contribution is 2.34. The standard InChI is InChI=1S/C25H19BrN2O4S/c1-28-23(29)22(33-25(28)27-19-10-8-18(9-11-19)24(30)31)14-17-7-12-21(20(26)13-17)32-15-16-5-3-2-4-6-16/h2-14H,15H2,1H3,(H,30,31)/b22-14-,27-25?. The van der Waals surface area contributed by atoms with Gasteiger partial charge in [-0.05, 0) is 81.3 Å². The number of amidine groups is 1.